The maximum atomic E-state index is 5.31. The predicted octanol–water partition coefficient (Wildman–Crippen LogP) is 2.94. The predicted molar refractivity (Wildman–Crippen MR) is 86.3 cm³/mol. The lowest BCUT2D eigenvalue weighted by Gasteiger charge is -2.12. The third-order valence-corrected chi connectivity index (χ3v) is 3.99. The van der Waals surface area contributed by atoms with E-state index in [2.05, 4.69) is 15.6 Å². The topological polar surface area (TPSA) is 45.6 Å². The molecule has 0 aromatic carbocycles. The maximum Gasteiger partial charge on any atom is 0.190 e. The number of ether oxygens (including phenoxy) is 1. The van der Waals surface area contributed by atoms with Crippen molar-refractivity contribution in [2.24, 2.45) is 10.9 Å². The Morgan fingerprint density at radius 3 is 2.45 bits per heavy atom. The van der Waals surface area contributed by atoms with Gasteiger partial charge >= 0.3 is 0 Å². The Labute approximate surface area is 124 Å². The number of guanidine groups is 1. The zero-order valence-corrected chi connectivity index (χ0v) is 13.4. The summed E-state index contributed by atoms with van der Waals surface area (Å²) in [5.74, 6) is 1.94. The van der Waals surface area contributed by atoms with Crippen LogP contribution in [0.25, 0.3) is 0 Å². The van der Waals surface area contributed by atoms with Crippen LogP contribution in [0.2, 0.25) is 0 Å². The lowest BCUT2D eigenvalue weighted by Crippen LogP contribution is -2.38. The minimum atomic E-state index is 0.800. The summed E-state index contributed by atoms with van der Waals surface area (Å²) >= 11 is 0. The van der Waals surface area contributed by atoms with Crippen molar-refractivity contribution >= 4 is 5.96 Å². The Morgan fingerprint density at radius 1 is 1.10 bits per heavy atom. The van der Waals surface area contributed by atoms with E-state index in [9.17, 15) is 0 Å². The number of nitrogens with zero attached hydrogens (tertiary/aromatic N) is 1. The molecule has 118 valence electrons. The van der Waals surface area contributed by atoms with Gasteiger partial charge in [-0.05, 0) is 25.7 Å². The van der Waals surface area contributed by atoms with Gasteiger partial charge in [0.15, 0.2) is 5.96 Å². The number of nitrogens with one attached hydrogen (secondary N) is 2. The van der Waals surface area contributed by atoms with Crippen LogP contribution >= 0.6 is 0 Å². The van der Waals surface area contributed by atoms with Crippen LogP contribution < -0.4 is 10.6 Å². The molecule has 20 heavy (non-hydrogen) atoms. The van der Waals surface area contributed by atoms with Gasteiger partial charge in [0.25, 0.3) is 0 Å². The molecule has 1 saturated carbocycles. The Morgan fingerprint density at radius 2 is 1.80 bits per heavy atom. The molecule has 0 bridgehead atoms. The van der Waals surface area contributed by atoms with Gasteiger partial charge in [0.1, 0.15) is 0 Å². The zero-order chi connectivity index (χ0) is 14.5. The Kier molecular flexibility index (Phi) is 10.4. The number of unbranched alkanes of at least 4 members (excludes halogenated alkanes) is 1. The third-order valence-electron chi connectivity index (χ3n) is 3.99. The molecular formula is C16H33N3O. The largest absolute Gasteiger partial charge is 0.382 e. The van der Waals surface area contributed by atoms with Crippen molar-refractivity contribution < 1.29 is 4.74 Å². The van der Waals surface area contributed by atoms with Gasteiger partial charge < -0.3 is 15.4 Å². The van der Waals surface area contributed by atoms with Crippen LogP contribution in [0, 0.1) is 5.92 Å². The smallest absolute Gasteiger partial charge is 0.190 e. The Balaban J connectivity index is 1.92. The van der Waals surface area contributed by atoms with E-state index in [0.29, 0.717) is 0 Å². The van der Waals surface area contributed by atoms with Crippen LogP contribution in [0.15, 0.2) is 4.99 Å². The monoisotopic (exact) mass is 283 g/mol. The standard InChI is InChI=1S/C16H33N3O/c1-3-20-14-8-13-19-16(17-2)18-12-7-6-11-15-9-4-5-10-15/h15H,3-14H2,1-2H3,(H2,17,18,19). The highest BCUT2D eigenvalue weighted by Crippen LogP contribution is 2.28. The van der Waals surface area contributed by atoms with Gasteiger partial charge in [-0.25, -0.2) is 0 Å². The summed E-state index contributed by atoms with van der Waals surface area (Å²) < 4.78 is 5.31. The fourth-order valence-electron chi connectivity index (χ4n) is 2.81. The van der Waals surface area contributed by atoms with E-state index in [0.717, 1.165) is 44.6 Å². The molecule has 0 heterocycles. The molecule has 0 amide bonds. The quantitative estimate of drug-likeness (QED) is 0.368. The van der Waals surface area contributed by atoms with E-state index in [1.54, 1.807) is 0 Å². The van der Waals surface area contributed by atoms with Crippen molar-refractivity contribution in [3.63, 3.8) is 0 Å². The molecule has 1 aliphatic rings. The molecular weight excluding hydrogens is 250 g/mol. The molecule has 2 N–H and O–H groups in total. The lowest BCUT2D eigenvalue weighted by molar-refractivity contribution is 0.145. The highest BCUT2D eigenvalue weighted by atomic mass is 16.5. The third kappa shape index (κ3) is 8.41. The first kappa shape index (κ1) is 17.3. The van der Waals surface area contributed by atoms with Crippen molar-refractivity contribution in [1.82, 2.24) is 10.6 Å². The van der Waals surface area contributed by atoms with Crippen molar-refractivity contribution in [3.05, 3.63) is 0 Å². The molecule has 1 fully saturated rings. The molecule has 1 rings (SSSR count). The first-order valence-electron chi connectivity index (χ1n) is 8.39. The van der Waals surface area contributed by atoms with E-state index in [1.165, 1.54) is 44.9 Å². The first-order chi connectivity index (χ1) is 9.86. The molecule has 0 radical (unpaired) electrons. The Hall–Kier alpha value is -0.770. The first-order valence-corrected chi connectivity index (χ1v) is 8.39. The fraction of sp³-hybridized carbons (Fsp3) is 0.938. The second-order valence-electron chi connectivity index (χ2n) is 5.62. The summed E-state index contributed by atoms with van der Waals surface area (Å²) in [4.78, 5) is 4.23. The molecule has 4 nitrogen and oxygen atoms in total. The van der Waals surface area contributed by atoms with Crippen molar-refractivity contribution in [2.45, 2.75) is 58.3 Å². The SMILES string of the molecule is CCOCCCNC(=NC)NCCCCC1CCCC1. The zero-order valence-electron chi connectivity index (χ0n) is 13.4. The van der Waals surface area contributed by atoms with Gasteiger partial charge in [0.05, 0.1) is 0 Å². The van der Waals surface area contributed by atoms with Gasteiger partial charge in [-0.2, -0.15) is 0 Å². The average molecular weight is 283 g/mol. The van der Waals surface area contributed by atoms with E-state index in [1.807, 2.05) is 14.0 Å². The molecule has 0 aliphatic heterocycles. The lowest BCUT2D eigenvalue weighted by atomic mass is 10.0. The summed E-state index contributed by atoms with van der Waals surface area (Å²) in [6, 6.07) is 0. The summed E-state index contributed by atoms with van der Waals surface area (Å²) in [5.41, 5.74) is 0. The van der Waals surface area contributed by atoms with E-state index in [4.69, 9.17) is 4.74 Å². The van der Waals surface area contributed by atoms with E-state index in [-0.39, 0.29) is 0 Å². The van der Waals surface area contributed by atoms with Crippen LogP contribution in [-0.2, 0) is 4.74 Å². The molecule has 4 heteroatoms. The molecule has 1 aliphatic carbocycles. The van der Waals surface area contributed by atoms with Crippen LogP contribution in [0.1, 0.15) is 58.3 Å². The van der Waals surface area contributed by atoms with E-state index >= 15 is 0 Å². The minimum absolute atomic E-state index is 0.800. The average Bonchev–Trinajstić information content (AvgIpc) is 2.97. The second kappa shape index (κ2) is 12.0. The highest BCUT2D eigenvalue weighted by molar-refractivity contribution is 5.79. The van der Waals surface area contributed by atoms with Crippen molar-refractivity contribution in [3.8, 4) is 0 Å². The number of hydrogen-bond donors (Lipinski definition) is 2. The van der Waals surface area contributed by atoms with Crippen LogP contribution in [0.3, 0.4) is 0 Å². The Bertz CT molecular complexity index is 250. The van der Waals surface area contributed by atoms with E-state index < -0.39 is 0 Å². The van der Waals surface area contributed by atoms with Gasteiger partial charge in [-0.15, -0.1) is 0 Å². The van der Waals surface area contributed by atoms with Crippen molar-refractivity contribution in [2.75, 3.05) is 33.4 Å². The van der Waals surface area contributed by atoms with Crippen LogP contribution in [-0.4, -0.2) is 39.3 Å². The van der Waals surface area contributed by atoms with Crippen molar-refractivity contribution in [1.29, 1.82) is 0 Å². The molecule has 0 spiro atoms. The van der Waals surface area contributed by atoms with Gasteiger partial charge in [-0.3, -0.25) is 4.99 Å². The summed E-state index contributed by atoms with van der Waals surface area (Å²) in [6.45, 7) is 5.59. The molecule has 0 saturated heterocycles. The summed E-state index contributed by atoms with van der Waals surface area (Å²) in [5, 5.41) is 6.70. The number of hydrogen-bond acceptors (Lipinski definition) is 2. The number of rotatable bonds is 10. The van der Waals surface area contributed by atoms with Crippen LogP contribution in [0.5, 0.6) is 0 Å². The summed E-state index contributed by atoms with van der Waals surface area (Å²) in [6.07, 6.45) is 10.9. The number of aliphatic imine (C=N–C) groups is 1. The van der Waals surface area contributed by atoms with Gasteiger partial charge in [0, 0.05) is 33.4 Å². The van der Waals surface area contributed by atoms with Crippen LogP contribution in [0.4, 0.5) is 0 Å². The highest BCUT2D eigenvalue weighted by Gasteiger charge is 2.13. The normalized spacial score (nSPS) is 16.6. The van der Waals surface area contributed by atoms with Gasteiger partial charge in [-0.1, -0.05) is 38.5 Å². The molecule has 0 atom stereocenters. The second-order valence-corrected chi connectivity index (χ2v) is 5.62. The van der Waals surface area contributed by atoms with Gasteiger partial charge in [0.2, 0.25) is 0 Å². The minimum Gasteiger partial charge on any atom is -0.382 e. The molecule has 0 unspecified atom stereocenters. The maximum absolute atomic E-state index is 5.31. The molecule has 0 aromatic heterocycles. The fourth-order valence-corrected chi connectivity index (χ4v) is 2.81. The molecule has 0 aromatic rings. The summed E-state index contributed by atoms with van der Waals surface area (Å²) in [7, 11) is 1.83.